The number of aromatic carboxylic acids is 1. The molecule has 116 heavy (non-hydrogen) atoms. The zero-order valence-electron chi connectivity index (χ0n) is 69.2. The van der Waals surface area contributed by atoms with Crippen molar-refractivity contribution < 1.29 is 254 Å². The molecule has 0 atom stereocenters. The first-order valence-corrected chi connectivity index (χ1v) is 37.9. The molecule has 0 amide bonds. The van der Waals surface area contributed by atoms with E-state index in [2.05, 4.69) is 157 Å². The summed E-state index contributed by atoms with van der Waals surface area (Å²) in [5, 5.41) is 45.5. The van der Waals surface area contributed by atoms with Crippen LogP contribution in [0.5, 0.6) is 11.5 Å². The molecule has 0 saturated carbocycles. The van der Waals surface area contributed by atoms with Gasteiger partial charge in [-0.25, -0.2) is 4.79 Å². The fourth-order valence-corrected chi connectivity index (χ4v) is 13.3. The van der Waals surface area contributed by atoms with E-state index in [9.17, 15) is 14.7 Å². The molecule has 8 aromatic carbocycles. The van der Waals surface area contributed by atoms with Gasteiger partial charge in [0.15, 0.2) is 0 Å². The molecule has 0 radical (unpaired) electrons. The summed E-state index contributed by atoms with van der Waals surface area (Å²) in [6.07, 6.45) is 1.43. The van der Waals surface area contributed by atoms with Gasteiger partial charge in [0.1, 0.15) is 30.3 Å². The van der Waals surface area contributed by atoms with Crippen LogP contribution in [0, 0.1) is 47.6 Å². The number of carboxylic acids is 1. The Hall–Kier alpha value is -5.40. The third-order valence-electron chi connectivity index (χ3n) is 18.3. The molecule has 10 rings (SSSR count). The summed E-state index contributed by atoms with van der Waals surface area (Å²) in [4.78, 5) is 58.5. The summed E-state index contributed by atoms with van der Waals surface area (Å²) in [7, 11) is 3.27. The van der Waals surface area contributed by atoms with Crippen LogP contribution in [-0.2, 0) is 88.5 Å². The van der Waals surface area contributed by atoms with Crippen LogP contribution in [0.4, 0.5) is 0 Å². The standard InChI is InChI=1S/C40H46O6.C36H37O6.2C6H14O4.2CO2.2Cs/c1-7-30-25-31(12-11-29(30)5)40(36-23-27(3)9-14-33(36)34-15-10-28(4)24-37(34)40)32-13-16-38(35(26-32)39(41)45-8-2)46-22-21-44-20-19-43-18-17-42-6;1-24-5-9-27(10-6-24)36(32-21-25(2)7-12-29(32)30-13-8-26(3)22-33(30)36)28-11-14-34(31(23-28)35(37)38)42-20-19-41-18-17-40-16-15-39-4;2*7-1-3-9-5-6-10-4-2-8;2*2-1-3;;/h9-16,23-26H,7-8,17-22H2,1-6H3;5,7-14,21-23H,15-20H2,1-4H3,(H,37,38);2*7-8H,1-6H2;;;;/q;-1;;;;;2*+1/p-1. The third kappa shape index (κ3) is 31.2. The van der Waals surface area contributed by atoms with Crippen LogP contribution in [0.25, 0.3) is 22.3 Å². The van der Waals surface area contributed by atoms with E-state index in [1.54, 1.807) is 26.4 Å². The number of fused-ring (bicyclic) bond motifs is 6. The maximum Gasteiger partial charge on any atom is 1.00 e. The van der Waals surface area contributed by atoms with Crippen LogP contribution in [0.1, 0.15) is 118 Å². The quantitative estimate of drug-likeness (QED) is 0.0240. The Morgan fingerprint density at radius 1 is 0.388 bits per heavy atom. The summed E-state index contributed by atoms with van der Waals surface area (Å²) >= 11 is 0. The zero-order chi connectivity index (χ0) is 83.1. The van der Waals surface area contributed by atoms with Crippen LogP contribution < -0.4 is 152 Å². The van der Waals surface area contributed by atoms with Crippen molar-refractivity contribution in [1.82, 2.24) is 0 Å². The first-order chi connectivity index (χ1) is 55.4. The molecule has 0 aromatic heterocycles. The molecule has 0 heterocycles. The van der Waals surface area contributed by atoms with Crippen molar-refractivity contribution in [3.05, 3.63) is 246 Å². The molecule has 0 unspecified atom stereocenters. The average molecular weight is 1840 g/mol. The summed E-state index contributed by atoms with van der Waals surface area (Å²) < 4.78 is 69.1. The Labute approximate surface area is 799 Å². The van der Waals surface area contributed by atoms with Gasteiger partial charge in [-0.2, -0.15) is 49.0 Å². The number of carbonyl (C=O) groups is 2. The van der Waals surface area contributed by atoms with Crippen molar-refractivity contribution in [2.45, 2.75) is 72.6 Å². The second-order valence-corrected chi connectivity index (χ2v) is 26.0. The maximum absolute atomic E-state index is 13.5. The molecule has 0 bridgehead atoms. The number of aliphatic hydroxyl groups is 4. The van der Waals surface area contributed by atoms with Crippen LogP contribution in [-0.4, -0.2) is 224 Å². The molecule has 8 aromatic rings. The minimum Gasteiger partial charge on any atom is -0.545 e. The number of ether oxygens (including phenoxy) is 13. The fourth-order valence-electron chi connectivity index (χ4n) is 13.3. The molecular formula is C90H110Cs2O24. The smallest absolute Gasteiger partial charge is 0.545 e. The average Bonchev–Trinajstić information content (AvgIpc) is 1.53. The topological polar surface area (TPSA) is 326 Å². The van der Waals surface area contributed by atoms with Crippen LogP contribution in [0.15, 0.2) is 146 Å². The number of esters is 1. The zero-order valence-corrected chi connectivity index (χ0v) is 81.8. The fraction of sp³-hybridized carbons (Fsp3) is 0.422. The Kier molecular flexibility index (Phi) is 53.6. The molecule has 4 N–H and O–H groups in total. The van der Waals surface area contributed by atoms with Crippen LogP contribution in [0.2, 0.25) is 0 Å². The molecule has 24 nitrogen and oxygen atoms in total. The van der Waals surface area contributed by atoms with E-state index in [-0.39, 0.29) is 208 Å². The second kappa shape index (κ2) is 59.3. The van der Waals surface area contributed by atoms with Crippen LogP contribution >= 0.6 is 0 Å². The number of aryl methyl sites for hydroxylation is 7. The molecule has 2 aliphatic carbocycles. The van der Waals surface area contributed by atoms with Gasteiger partial charge in [-0.15, -0.1) is 5.56 Å². The molecule has 26 heteroatoms. The summed E-state index contributed by atoms with van der Waals surface area (Å²) in [5.41, 5.74) is 20.6. The van der Waals surface area contributed by atoms with E-state index in [0.717, 1.165) is 62.1 Å². The number of hydrogen-bond acceptors (Lipinski definition) is 24. The molecule has 0 saturated heterocycles. The van der Waals surface area contributed by atoms with Crippen molar-refractivity contribution in [2.24, 2.45) is 0 Å². The van der Waals surface area contributed by atoms with Gasteiger partial charge in [0.25, 0.3) is 0 Å². The van der Waals surface area contributed by atoms with Crippen LogP contribution in [0.3, 0.4) is 0 Å². The van der Waals surface area contributed by atoms with E-state index in [0.29, 0.717) is 130 Å². The predicted octanol–water partition coefficient (Wildman–Crippen LogP) is 3.82. The van der Waals surface area contributed by atoms with Crippen molar-refractivity contribution in [2.75, 3.05) is 179 Å². The number of methoxy groups -OCH3 is 2. The molecule has 0 spiro atoms. The van der Waals surface area contributed by atoms with Crippen molar-refractivity contribution in [3.8, 4) is 33.8 Å². The number of aliphatic hydroxyl groups excluding tert-OH is 4. The predicted molar refractivity (Wildman–Crippen MR) is 424 cm³/mol. The minimum absolute atomic E-state index is 0. The number of hydrogen-bond donors (Lipinski definition) is 4. The Morgan fingerprint density at radius 3 is 1.03 bits per heavy atom. The second-order valence-electron chi connectivity index (χ2n) is 26.0. The van der Waals surface area contributed by atoms with E-state index in [4.69, 9.17) is 101 Å². The largest absolute Gasteiger partial charge is 1.00 e. The van der Waals surface area contributed by atoms with Crippen molar-refractivity contribution in [3.63, 3.8) is 0 Å². The van der Waals surface area contributed by atoms with Gasteiger partial charge < -0.3 is 91.9 Å². The third-order valence-corrected chi connectivity index (χ3v) is 18.3. The van der Waals surface area contributed by atoms with E-state index in [1.807, 2.05) is 38.1 Å². The number of rotatable bonds is 42. The van der Waals surface area contributed by atoms with Gasteiger partial charge in [0.2, 0.25) is 0 Å². The minimum atomic E-state index is -1.29. The first-order valence-electron chi connectivity index (χ1n) is 37.9. The number of benzene rings is 8. The van der Waals surface area contributed by atoms with Crippen molar-refractivity contribution in [1.29, 1.82) is 0 Å². The number of carboxylic acid groups (broad SMARTS) is 1. The van der Waals surface area contributed by atoms with Gasteiger partial charge in [0.05, 0.1) is 163 Å². The molecule has 616 valence electrons. The van der Waals surface area contributed by atoms with Gasteiger partial charge in [-0.1, -0.05) is 139 Å². The van der Waals surface area contributed by atoms with Crippen molar-refractivity contribution >= 4 is 24.2 Å². The molecule has 2 aliphatic rings. The van der Waals surface area contributed by atoms with E-state index in [1.165, 1.54) is 50.1 Å². The SMILES string of the molecule is CCOC(=O)c1cc(C2(c3ccc(C)c(CC)c3)c3cc(C)ccc3-c3ccc(C)cc32)ccc1OCCOCCOCCOC.COCCOCCOCCOc1ccc(C2(c3c[c-]c(C)cc3)c3cc(C)ccc3-c3ccc(C)cc32)cc1C(=O)[O-].O=C=O.O=C=O.OCCOCCOCCO.OCCOCCOCCO.[Cs+].[Cs+]. The van der Waals surface area contributed by atoms with Gasteiger partial charge in [-0.3, -0.25) is 0 Å². The maximum atomic E-state index is 13.5. The van der Waals surface area contributed by atoms with E-state index >= 15 is 0 Å². The summed E-state index contributed by atoms with van der Waals surface area (Å²) in [5.74, 6) is -0.984. The normalized spacial score (nSPS) is 11.7. The van der Waals surface area contributed by atoms with E-state index < -0.39 is 22.8 Å². The molecule has 0 aliphatic heterocycles. The first kappa shape index (κ1) is 105. The number of carbonyl (C=O) groups excluding carboxylic acids is 6. The van der Waals surface area contributed by atoms with Gasteiger partial charge in [-0.05, 0) is 145 Å². The molecule has 0 fully saturated rings. The summed E-state index contributed by atoms with van der Waals surface area (Å²) in [6, 6.07) is 54.3. The Morgan fingerprint density at radius 2 is 0.698 bits per heavy atom. The summed E-state index contributed by atoms with van der Waals surface area (Å²) in [6.45, 7) is 25.4. The Balaban J connectivity index is 0.000000455. The van der Waals surface area contributed by atoms with Gasteiger partial charge >= 0.3 is 156 Å². The Bertz CT molecular complexity index is 4120. The molecular weight excluding hydrogens is 1730 g/mol. The van der Waals surface area contributed by atoms with Gasteiger partial charge in [0, 0.05) is 25.2 Å². The monoisotopic (exact) mass is 1840 g/mol.